The summed E-state index contributed by atoms with van der Waals surface area (Å²) in [5.74, 6) is 0.617. The molecule has 0 aromatic heterocycles. The van der Waals surface area contributed by atoms with E-state index in [2.05, 4.69) is 4.72 Å². The summed E-state index contributed by atoms with van der Waals surface area (Å²) in [5.41, 5.74) is 7.41. The smallest absolute Gasteiger partial charge is 0.240 e. The number of rotatable bonds is 6. The van der Waals surface area contributed by atoms with Gasteiger partial charge in [0, 0.05) is 13.1 Å². The van der Waals surface area contributed by atoms with E-state index in [4.69, 9.17) is 10.5 Å². The zero-order chi connectivity index (χ0) is 15.3. The summed E-state index contributed by atoms with van der Waals surface area (Å²) >= 11 is 0. The van der Waals surface area contributed by atoms with Crippen LogP contribution in [0.3, 0.4) is 0 Å². The second kappa shape index (κ2) is 6.71. The molecule has 2 aromatic rings. The van der Waals surface area contributed by atoms with Crippen LogP contribution in [0.15, 0.2) is 53.4 Å². The zero-order valence-electron chi connectivity index (χ0n) is 11.7. The van der Waals surface area contributed by atoms with E-state index in [1.165, 1.54) is 19.2 Å². The second-order valence-electron chi connectivity index (χ2n) is 4.52. The predicted octanol–water partition coefficient (Wildman–Crippen LogP) is 1.63. The number of nitrogens with two attached hydrogens (primary N) is 1. The van der Waals surface area contributed by atoms with Gasteiger partial charge in [-0.15, -0.1) is 0 Å². The molecule has 0 amide bonds. The molecule has 0 saturated heterocycles. The quantitative estimate of drug-likeness (QED) is 0.850. The van der Waals surface area contributed by atoms with Crippen molar-refractivity contribution in [3.8, 4) is 5.75 Å². The maximum absolute atomic E-state index is 12.2. The molecule has 21 heavy (non-hydrogen) atoms. The average Bonchev–Trinajstić information content (AvgIpc) is 2.53. The molecule has 0 heterocycles. The molecule has 3 N–H and O–H groups in total. The number of sulfonamides is 1. The van der Waals surface area contributed by atoms with Gasteiger partial charge in [-0.1, -0.05) is 24.3 Å². The molecule has 112 valence electrons. The van der Waals surface area contributed by atoms with Gasteiger partial charge in [-0.05, 0) is 35.4 Å². The Morgan fingerprint density at radius 3 is 2.10 bits per heavy atom. The van der Waals surface area contributed by atoms with E-state index in [1.807, 2.05) is 24.3 Å². The first kappa shape index (κ1) is 15.5. The summed E-state index contributed by atoms with van der Waals surface area (Å²) in [4.78, 5) is 0.210. The van der Waals surface area contributed by atoms with E-state index >= 15 is 0 Å². The van der Waals surface area contributed by atoms with Crippen molar-refractivity contribution in [1.29, 1.82) is 0 Å². The van der Waals surface area contributed by atoms with Crippen molar-refractivity contribution < 1.29 is 13.2 Å². The topological polar surface area (TPSA) is 81.4 Å². The monoisotopic (exact) mass is 306 g/mol. The Kier molecular flexibility index (Phi) is 4.95. The van der Waals surface area contributed by atoms with Crippen LogP contribution in [0, 0.1) is 0 Å². The Bertz CT molecular complexity index is 680. The minimum Gasteiger partial charge on any atom is -0.497 e. The van der Waals surface area contributed by atoms with Gasteiger partial charge in [-0.3, -0.25) is 0 Å². The van der Waals surface area contributed by atoms with Crippen LogP contribution in [0.5, 0.6) is 5.75 Å². The predicted molar refractivity (Wildman–Crippen MR) is 81.4 cm³/mol. The van der Waals surface area contributed by atoms with Gasteiger partial charge < -0.3 is 10.5 Å². The third-order valence-electron chi connectivity index (χ3n) is 3.09. The van der Waals surface area contributed by atoms with Gasteiger partial charge >= 0.3 is 0 Å². The molecule has 5 nitrogen and oxygen atoms in total. The SMILES string of the molecule is COc1ccc(S(=O)(=O)NCc2ccc(CN)cc2)cc1. The fraction of sp³-hybridized carbons (Fsp3) is 0.200. The first-order valence-corrected chi connectivity index (χ1v) is 7.95. The molecule has 0 bridgehead atoms. The molecule has 0 radical (unpaired) electrons. The van der Waals surface area contributed by atoms with Crippen molar-refractivity contribution in [2.45, 2.75) is 18.0 Å². The number of nitrogens with one attached hydrogen (secondary N) is 1. The lowest BCUT2D eigenvalue weighted by atomic mass is 10.1. The van der Waals surface area contributed by atoms with Crippen molar-refractivity contribution in [2.75, 3.05) is 7.11 Å². The van der Waals surface area contributed by atoms with Gasteiger partial charge in [-0.2, -0.15) is 0 Å². The summed E-state index contributed by atoms with van der Waals surface area (Å²) in [6, 6.07) is 13.7. The Labute approximate surface area is 124 Å². The van der Waals surface area contributed by atoms with Crippen LogP contribution in [0.1, 0.15) is 11.1 Å². The highest BCUT2D eigenvalue weighted by Crippen LogP contribution is 2.15. The molecule has 0 fully saturated rings. The second-order valence-corrected chi connectivity index (χ2v) is 6.29. The maximum atomic E-state index is 12.2. The molecule has 0 spiro atoms. The highest BCUT2D eigenvalue weighted by atomic mass is 32.2. The third-order valence-corrected chi connectivity index (χ3v) is 4.51. The summed E-state index contributed by atoms with van der Waals surface area (Å²) < 4.78 is 31.9. The van der Waals surface area contributed by atoms with Gasteiger partial charge in [-0.25, -0.2) is 13.1 Å². The van der Waals surface area contributed by atoms with Crippen LogP contribution in [0.25, 0.3) is 0 Å². The van der Waals surface area contributed by atoms with Crippen LogP contribution in [0.4, 0.5) is 0 Å². The fourth-order valence-corrected chi connectivity index (χ4v) is 2.83. The molecular weight excluding hydrogens is 288 g/mol. The van der Waals surface area contributed by atoms with Crippen LogP contribution < -0.4 is 15.2 Å². The molecule has 0 atom stereocenters. The van der Waals surface area contributed by atoms with Crippen molar-refractivity contribution >= 4 is 10.0 Å². The standard InChI is InChI=1S/C15H18N2O3S/c1-20-14-6-8-15(9-7-14)21(18,19)17-11-13-4-2-12(10-16)3-5-13/h2-9,17H,10-11,16H2,1H3. The Balaban J connectivity index is 2.05. The lowest BCUT2D eigenvalue weighted by Gasteiger charge is -2.08. The highest BCUT2D eigenvalue weighted by Gasteiger charge is 2.13. The molecule has 0 saturated carbocycles. The number of methoxy groups -OCH3 is 1. The first-order valence-electron chi connectivity index (χ1n) is 6.47. The van der Waals surface area contributed by atoms with Gasteiger partial charge in [0.1, 0.15) is 5.75 Å². The van der Waals surface area contributed by atoms with Crippen molar-refractivity contribution in [3.05, 3.63) is 59.7 Å². The number of benzene rings is 2. The van der Waals surface area contributed by atoms with Crippen LogP contribution in [-0.2, 0) is 23.1 Å². The molecule has 2 aromatic carbocycles. The number of hydrogen-bond donors (Lipinski definition) is 2. The van der Waals surface area contributed by atoms with Crippen molar-refractivity contribution in [2.24, 2.45) is 5.73 Å². The Morgan fingerprint density at radius 1 is 1.00 bits per heavy atom. The Morgan fingerprint density at radius 2 is 1.57 bits per heavy atom. The maximum Gasteiger partial charge on any atom is 0.240 e. The van der Waals surface area contributed by atoms with Crippen molar-refractivity contribution in [1.82, 2.24) is 4.72 Å². The normalized spacial score (nSPS) is 11.3. The fourth-order valence-electron chi connectivity index (χ4n) is 1.81. The summed E-state index contributed by atoms with van der Waals surface area (Å²) in [6.07, 6.45) is 0. The summed E-state index contributed by atoms with van der Waals surface area (Å²) in [5, 5.41) is 0. The molecule has 6 heteroatoms. The third kappa shape index (κ3) is 4.04. The van der Waals surface area contributed by atoms with Gasteiger partial charge in [0.2, 0.25) is 10.0 Å². The molecular formula is C15H18N2O3S. The van der Waals surface area contributed by atoms with Crippen LogP contribution in [-0.4, -0.2) is 15.5 Å². The van der Waals surface area contributed by atoms with E-state index in [0.29, 0.717) is 12.3 Å². The number of ether oxygens (including phenoxy) is 1. The zero-order valence-corrected chi connectivity index (χ0v) is 12.6. The molecule has 0 aliphatic rings. The van der Waals surface area contributed by atoms with E-state index in [0.717, 1.165) is 11.1 Å². The minimum absolute atomic E-state index is 0.210. The molecule has 2 rings (SSSR count). The van der Waals surface area contributed by atoms with Crippen LogP contribution >= 0.6 is 0 Å². The largest absolute Gasteiger partial charge is 0.497 e. The highest BCUT2D eigenvalue weighted by molar-refractivity contribution is 7.89. The van der Waals surface area contributed by atoms with E-state index in [9.17, 15) is 8.42 Å². The number of hydrogen-bond acceptors (Lipinski definition) is 4. The first-order chi connectivity index (χ1) is 10.0. The lowest BCUT2D eigenvalue weighted by molar-refractivity contribution is 0.414. The summed E-state index contributed by atoms with van der Waals surface area (Å²) in [6.45, 7) is 0.705. The van der Waals surface area contributed by atoms with Crippen molar-refractivity contribution in [3.63, 3.8) is 0 Å². The summed E-state index contributed by atoms with van der Waals surface area (Å²) in [7, 11) is -1.99. The van der Waals surface area contributed by atoms with Gasteiger partial charge in [0.15, 0.2) is 0 Å². The molecule has 0 aliphatic carbocycles. The van der Waals surface area contributed by atoms with E-state index < -0.39 is 10.0 Å². The molecule has 0 unspecified atom stereocenters. The average molecular weight is 306 g/mol. The lowest BCUT2D eigenvalue weighted by Crippen LogP contribution is -2.23. The van der Waals surface area contributed by atoms with E-state index in [-0.39, 0.29) is 11.4 Å². The minimum atomic E-state index is -3.53. The van der Waals surface area contributed by atoms with E-state index in [1.54, 1.807) is 12.1 Å². The van der Waals surface area contributed by atoms with Crippen LogP contribution in [0.2, 0.25) is 0 Å². The van der Waals surface area contributed by atoms with Gasteiger partial charge in [0.05, 0.1) is 12.0 Å². The molecule has 0 aliphatic heterocycles. The Hall–Kier alpha value is -1.89. The van der Waals surface area contributed by atoms with Gasteiger partial charge in [0.25, 0.3) is 0 Å².